The first kappa shape index (κ1) is 11.0. The summed E-state index contributed by atoms with van der Waals surface area (Å²) in [7, 11) is 0. The van der Waals surface area contributed by atoms with Gasteiger partial charge in [-0.05, 0) is 18.2 Å². The van der Waals surface area contributed by atoms with Crippen LogP contribution < -0.4 is 11.3 Å². The molecular formula is C11H10N4O2. The third kappa shape index (κ3) is 2.37. The van der Waals surface area contributed by atoms with Gasteiger partial charge in [-0.2, -0.15) is 0 Å². The molecule has 0 atom stereocenters. The maximum absolute atomic E-state index is 10.4. The van der Waals surface area contributed by atoms with Crippen LogP contribution in [-0.4, -0.2) is 21.0 Å². The highest BCUT2D eigenvalue weighted by Gasteiger charge is 2.04. The van der Waals surface area contributed by atoms with Gasteiger partial charge in [0.25, 0.3) is 0 Å². The van der Waals surface area contributed by atoms with E-state index in [4.69, 9.17) is 10.9 Å². The monoisotopic (exact) mass is 230 g/mol. The molecule has 0 aliphatic carbocycles. The van der Waals surface area contributed by atoms with E-state index in [0.29, 0.717) is 17.2 Å². The van der Waals surface area contributed by atoms with Crippen LogP contribution in [0.4, 0.5) is 5.82 Å². The number of hydrogen-bond acceptors (Lipinski definition) is 5. The molecule has 1 aromatic carbocycles. The van der Waals surface area contributed by atoms with E-state index >= 15 is 0 Å². The molecule has 0 saturated carbocycles. The molecule has 4 N–H and O–H groups in total. The molecule has 17 heavy (non-hydrogen) atoms. The summed E-state index contributed by atoms with van der Waals surface area (Å²) in [5.41, 5.74) is 3.16. The Bertz CT molecular complexity index is 595. The van der Waals surface area contributed by atoms with Crippen LogP contribution in [0.3, 0.4) is 0 Å². The Hall–Kier alpha value is -2.47. The molecule has 0 aliphatic rings. The lowest BCUT2D eigenvalue weighted by atomic mass is 10.2. The van der Waals surface area contributed by atoms with Gasteiger partial charge in [-0.3, -0.25) is 0 Å². The number of nitrogens with one attached hydrogen (secondary N) is 1. The van der Waals surface area contributed by atoms with Crippen LogP contribution in [0.25, 0.3) is 17.0 Å². The fourth-order valence-corrected chi connectivity index (χ4v) is 1.42. The summed E-state index contributed by atoms with van der Waals surface area (Å²) < 4.78 is 0. The van der Waals surface area contributed by atoms with E-state index in [1.807, 2.05) is 18.2 Å². The summed E-state index contributed by atoms with van der Waals surface area (Å²) in [4.78, 5) is 18.7. The molecule has 2 aromatic rings. The number of nitrogens with zero attached hydrogens (tertiary/aromatic N) is 2. The third-order valence-corrected chi connectivity index (χ3v) is 2.13. The second-order valence-electron chi connectivity index (χ2n) is 3.26. The second kappa shape index (κ2) is 4.58. The third-order valence-electron chi connectivity index (χ3n) is 2.13. The maximum atomic E-state index is 10.4. The van der Waals surface area contributed by atoms with Gasteiger partial charge < -0.3 is 10.5 Å². The Kier molecular flexibility index (Phi) is 2.97. The van der Waals surface area contributed by atoms with Crippen LogP contribution in [0.15, 0.2) is 30.3 Å². The van der Waals surface area contributed by atoms with E-state index < -0.39 is 5.97 Å². The highest BCUT2D eigenvalue weighted by molar-refractivity contribution is 5.90. The summed E-state index contributed by atoms with van der Waals surface area (Å²) in [6.45, 7) is 0. The van der Waals surface area contributed by atoms with Crippen LogP contribution in [0.1, 0.15) is 5.82 Å². The van der Waals surface area contributed by atoms with E-state index in [1.54, 1.807) is 6.07 Å². The minimum atomic E-state index is -1.05. The number of carbonyl (C=O) groups is 1. The van der Waals surface area contributed by atoms with E-state index in [1.165, 1.54) is 6.08 Å². The molecule has 86 valence electrons. The summed E-state index contributed by atoms with van der Waals surface area (Å²) >= 11 is 0. The molecular weight excluding hydrogens is 220 g/mol. The number of nitrogens with two attached hydrogens (primary N) is 1. The lowest BCUT2D eigenvalue weighted by Gasteiger charge is -2.05. The largest absolute Gasteiger partial charge is 0.478 e. The number of rotatable bonds is 3. The Balaban J connectivity index is 2.56. The first-order chi connectivity index (χ1) is 8.20. The number of fused-ring (bicyclic) bond motifs is 1. The summed E-state index contributed by atoms with van der Waals surface area (Å²) in [6, 6.07) is 7.31. The quantitative estimate of drug-likeness (QED) is 0.413. The van der Waals surface area contributed by atoms with Gasteiger partial charge in [-0.25, -0.2) is 20.6 Å². The number of nitrogen functional groups attached to an aromatic ring is 1. The zero-order chi connectivity index (χ0) is 12.3. The first-order valence-corrected chi connectivity index (χ1v) is 4.85. The number of aromatic nitrogens is 2. The van der Waals surface area contributed by atoms with Gasteiger partial charge in [0.05, 0.1) is 5.52 Å². The normalized spacial score (nSPS) is 10.9. The average molecular weight is 230 g/mol. The molecule has 0 saturated heterocycles. The molecule has 1 aromatic heterocycles. The van der Waals surface area contributed by atoms with E-state index in [0.717, 1.165) is 11.5 Å². The molecule has 0 spiro atoms. The Labute approximate surface area is 96.8 Å². The molecule has 6 heteroatoms. The molecule has 0 fully saturated rings. The molecule has 1 heterocycles. The van der Waals surface area contributed by atoms with Gasteiger partial charge in [-0.15, -0.1) is 0 Å². The van der Waals surface area contributed by atoms with Crippen molar-refractivity contribution in [3.8, 4) is 0 Å². The molecule has 6 nitrogen and oxygen atoms in total. The number of anilines is 1. The fourth-order valence-electron chi connectivity index (χ4n) is 1.42. The molecule has 0 bridgehead atoms. The first-order valence-electron chi connectivity index (χ1n) is 4.85. The van der Waals surface area contributed by atoms with Crippen molar-refractivity contribution >= 4 is 28.8 Å². The minimum Gasteiger partial charge on any atom is -0.478 e. The minimum absolute atomic E-state index is 0.291. The van der Waals surface area contributed by atoms with Crippen molar-refractivity contribution in [2.24, 2.45) is 5.84 Å². The maximum Gasteiger partial charge on any atom is 0.328 e. The van der Waals surface area contributed by atoms with Crippen LogP contribution in [-0.2, 0) is 4.79 Å². The molecule has 0 aliphatic heterocycles. The number of aliphatic carboxylic acids is 1. The average Bonchev–Trinajstić information content (AvgIpc) is 2.35. The number of benzene rings is 1. The standard InChI is InChI=1S/C11H10N4O2/c12-15-11-7-3-1-2-4-8(7)13-9(14-11)5-6-10(16)17/h1-6H,12H2,(H,16,17)(H,13,14,15)/b6-5+. The lowest BCUT2D eigenvalue weighted by molar-refractivity contribution is -0.131. The highest BCUT2D eigenvalue weighted by Crippen LogP contribution is 2.19. The van der Waals surface area contributed by atoms with E-state index in [9.17, 15) is 4.79 Å². The zero-order valence-corrected chi connectivity index (χ0v) is 8.79. The highest BCUT2D eigenvalue weighted by atomic mass is 16.4. The van der Waals surface area contributed by atoms with Gasteiger partial charge in [0.15, 0.2) is 11.6 Å². The van der Waals surface area contributed by atoms with Crippen molar-refractivity contribution in [3.05, 3.63) is 36.2 Å². The van der Waals surface area contributed by atoms with Crippen molar-refractivity contribution < 1.29 is 9.90 Å². The zero-order valence-electron chi connectivity index (χ0n) is 8.79. The number of hydrazine groups is 1. The van der Waals surface area contributed by atoms with Crippen molar-refractivity contribution in [2.45, 2.75) is 0 Å². The predicted octanol–water partition coefficient (Wildman–Crippen LogP) is 1.01. The SMILES string of the molecule is NNc1nc(/C=C/C(=O)O)nc2ccccc12. The van der Waals surface area contributed by atoms with E-state index in [2.05, 4.69) is 15.4 Å². The fraction of sp³-hybridized carbons (Fsp3) is 0. The van der Waals surface area contributed by atoms with Gasteiger partial charge in [0, 0.05) is 11.5 Å². The number of carboxylic acids is 1. The van der Waals surface area contributed by atoms with Gasteiger partial charge in [0.1, 0.15) is 0 Å². The van der Waals surface area contributed by atoms with Crippen LogP contribution in [0.2, 0.25) is 0 Å². The van der Waals surface area contributed by atoms with Gasteiger partial charge in [0.2, 0.25) is 0 Å². The number of carboxylic acid groups (broad SMARTS) is 1. The Morgan fingerprint density at radius 1 is 1.35 bits per heavy atom. The topological polar surface area (TPSA) is 101 Å². The molecule has 2 rings (SSSR count). The Morgan fingerprint density at radius 2 is 2.12 bits per heavy atom. The Morgan fingerprint density at radius 3 is 2.82 bits per heavy atom. The van der Waals surface area contributed by atoms with Crippen molar-refractivity contribution in [2.75, 3.05) is 5.43 Å². The molecule has 0 unspecified atom stereocenters. The van der Waals surface area contributed by atoms with E-state index in [-0.39, 0.29) is 0 Å². The summed E-state index contributed by atoms with van der Waals surface area (Å²) in [5, 5.41) is 9.31. The summed E-state index contributed by atoms with van der Waals surface area (Å²) in [5.74, 6) is 5.06. The van der Waals surface area contributed by atoms with Crippen LogP contribution >= 0.6 is 0 Å². The van der Waals surface area contributed by atoms with Crippen LogP contribution in [0, 0.1) is 0 Å². The predicted molar refractivity (Wildman–Crippen MR) is 64.0 cm³/mol. The molecule has 0 amide bonds. The van der Waals surface area contributed by atoms with Gasteiger partial charge >= 0.3 is 5.97 Å². The van der Waals surface area contributed by atoms with Crippen molar-refractivity contribution in [3.63, 3.8) is 0 Å². The lowest BCUT2D eigenvalue weighted by Crippen LogP contribution is -2.10. The summed E-state index contributed by atoms with van der Waals surface area (Å²) in [6.07, 6.45) is 2.29. The van der Waals surface area contributed by atoms with Gasteiger partial charge in [-0.1, -0.05) is 12.1 Å². The second-order valence-corrected chi connectivity index (χ2v) is 3.26. The van der Waals surface area contributed by atoms with Crippen molar-refractivity contribution in [1.82, 2.24) is 9.97 Å². The van der Waals surface area contributed by atoms with Crippen LogP contribution in [0.5, 0.6) is 0 Å². The smallest absolute Gasteiger partial charge is 0.328 e. The number of para-hydroxylation sites is 1. The molecule has 0 radical (unpaired) electrons. The number of hydrogen-bond donors (Lipinski definition) is 3. The van der Waals surface area contributed by atoms with Crippen molar-refractivity contribution in [1.29, 1.82) is 0 Å².